The molecule has 6 heteroatoms. The van der Waals surface area contributed by atoms with Crippen molar-refractivity contribution in [3.63, 3.8) is 0 Å². The number of hydrogen-bond donors (Lipinski definition) is 3. The number of nitrogen functional groups attached to an aromatic ring is 1. The fourth-order valence-corrected chi connectivity index (χ4v) is 2.78. The molecule has 4 N–H and O–H groups in total. The molecule has 0 aromatic heterocycles. The maximum Gasteiger partial charge on any atom is 0.238 e. The van der Waals surface area contributed by atoms with Crippen molar-refractivity contribution in [1.29, 1.82) is 0 Å². The number of nitrogens with zero attached hydrogens (tertiary/aromatic N) is 1. The zero-order valence-corrected chi connectivity index (χ0v) is 12.2. The van der Waals surface area contributed by atoms with E-state index in [1.54, 1.807) is 0 Å². The summed E-state index contributed by atoms with van der Waals surface area (Å²) < 4.78 is 13.2. The van der Waals surface area contributed by atoms with Crippen LogP contribution in [0.25, 0.3) is 0 Å². The molecule has 1 fully saturated rings. The third-order valence-electron chi connectivity index (χ3n) is 3.94. The summed E-state index contributed by atoms with van der Waals surface area (Å²) >= 11 is 0. The van der Waals surface area contributed by atoms with Gasteiger partial charge in [0.15, 0.2) is 0 Å². The van der Waals surface area contributed by atoms with Gasteiger partial charge in [0.05, 0.1) is 24.0 Å². The van der Waals surface area contributed by atoms with Crippen molar-refractivity contribution in [2.24, 2.45) is 0 Å². The largest absolute Gasteiger partial charge is 0.397 e. The Morgan fingerprint density at radius 1 is 1.48 bits per heavy atom. The van der Waals surface area contributed by atoms with Gasteiger partial charge in [-0.2, -0.15) is 0 Å². The topological polar surface area (TPSA) is 78.6 Å². The average molecular weight is 295 g/mol. The first-order valence-corrected chi connectivity index (χ1v) is 7.20. The van der Waals surface area contributed by atoms with E-state index in [-0.39, 0.29) is 24.2 Å². The van der Waals surface area contributed by atoms with E-state index in [1.165, 1.54) is 18.2 Å². The molecule has 0 spiro atoms. The van der Waals surface area contributed by atoms with Gasteiger partial charge in [0.25, 0.3) is 0 Å². The van der Waals surface area contributed by atoms with Crippen LogP contribution in [0.4, 0.5) is 15.8 Å². The number of hydrogen-bond acceptors (Lipinski definition) is 4. The number of aliphatic hydroxyl groups is 1. The minimum Gasteiger partial charge on any atom is -0.397 e. The third kappa shape index (κ3) is 4.15. The Morgan fingerprint density at radius 3 is 2.90 bits per heavy atom. The highest BCUT2D eigenvalue weighted by Gasteiger charge is 2.27. The summed E-state index contributed by atoms with van der Waals surface area (Å²) in [7, 11) is 1.81. The summed E-state index contributed by atoms with van der Waals surface area (Å²) in [5.41, 5.74) is 6.30. The maximum absolute atomic E-state index is 13.2. The lowest BCUT2D eigenvalue weighted by molar-refractivity contribution is -0.118. The van der Waals surface area contributed by atoms with Crippen molar-refractivity contribution in [3.8, 4) is 0 Å². The molecule has 1 aromatic carbocycles. The highest BCUT2D eigenvalue weighted by Crippen LogP contribution is 2.23. The lowest BCUT2D eigenvalue weighted by Crippen LogP contribution is -2.46. The van der Waals surface area contributed by atoms with Gasteiger partial charge in [-0.15, -0.1) is 0 Å². The molecule has 21 heavy (non-hydrogen) atoms. The van der Waals surface area contributed by atoms with E-state index in [0.717, 1.165) is 25.7 Å². The molecule has 2 unspecified atom stereocenters. The quantitative estimate of drug-likeness (QED) is 0.737. The van der Waals surface area contributed by atoms with Gasteiger partial charge in [-0.05, 0) is 38.1 Å². The third-order valence-corrected chi connectivity index (χ3v) is 3.94. The number of aliphatic hydroxyl groups excluding tert-OH is 1. The van der Waals surface area contributed by atoms with Crippen molar-refractivity contribution in [3.05, 3.63) is 24.0 Å². The number of anilines is 2. The highest BCUT2D eigenvalue weighted by atomic mass is 19.1. The minimum absolute atomic E-state index is 0.00523. The Kier molecular flexibility index (Phi) is 5.14. The molecule has 0 heterocycles. The van der Waals surface area contributed by atoms with Gasteiger partial charge in [-0.1, -0.05) is 12.8 Å². The van der Waals surface area contributed by atoms with Crippen molar-refractivity contribution in [1.82, 2.24) is 4.90 Å². The summed E-state index contributed by atoms with van der Waals surface area (Å²) in [4.78, 5) is 13.9. The molecule has 5 nitrogen and oxygen atoms in total. The zero-order valence-electron chi connectivity index (χ0n) is 12.2. The van der Waals surface area contributed by atoms with Gasteiger partial charge in [-0.3, -0.25) is 9.69 Å². The summed E-state index contributed by atoms with van der Waals surface area (Å²) in [6, 6.07) is 3.85. The second-order valence-electron chi connectivity index (χ2n) is 5.61. The second-order valence-corrected chi connectivity index (χ2v) is 5.61. The fourth-order valence-electron chi connectivity index (χ4n) is 2.78. The number of halogens is 1. The van der Waals surface area contributed by atoms with Crippen LogP contribution >= 0.6 is 0 Å². The Balaban J connectivity index is 1.93. The molecule has 0 radical (unpaired) electrons. The normalized spacial score (nSPS) is 22.3. The number of nitrogens with one attached hydrogen (secondary N) is 1. The molecule has 0 bridgehead atoms. The minimum atomic E-state index is -0.449. The molecule has 116 valence electrons. The Morgan fingerprint density at radius 2 is 2.19 bits per heavy atom. The van der Waals surface area contributed by atoms with E-state index in [2.05, 4.69) is 5.32 Å². The van der Waals surface area contributed by atoms with Crippen molar-refractivity contribution < 1.29 is 14.3 Å². The maximum atomic E-state index is 13.2. The SMILES string of the molecule is CN(CC(=O)Nc1cc(F)ccc1N)C1CCCCC1O. The molecule has 1 aromatic rings. The number of rotatable bonds is 4. The molecular formula is C15H22FN3O2. The van der Waals surface area contributed by atoms with Crippen LogP contribution in [0.5, 0.6) is 0 Å². The van der Waals surface area contributed by atoms with Crippen LogP contribution in [0.1, 0.15) is 25.7 Å². The molecule has 0 aliphatic heterocycles. The fraction of sp³-hybridized carbons (Fsp3) is 0.533. The van der Waals surface area contributed by atoms with E-state index < -0.39 is 11.9 Å². The monoisotopic (exact) mass is 295 g/mol. The lowest BCUT2D eigenvalue weighted by atomic mass is 9.91. The van der Waals surface area contributed by atoms with Crippen LogP contribution in [0, 0.1) is 5.82 Å². The average Bonchev–Trinajstić information content (AvgIpc) is 2.43. The lowest BCUT2D eigenvalue weighted by Gasteiger charge is -2.34. The van der Waals surface area contributed by atoms with Crippen LogP contribution in [0.15, 0.2) is 18.2 Å². The summed E-state index contributed by atoms with van der Waals surface area (Å²) in [6.45, 7) is 0.137. The number of likely N-dealkylation sites (N-methyl/N-ethyl adjacent to an activating group) is 1. The van der Waals surface area contributed by atoms with Crippen molar-refractivity contribution in [2.75, 3.05) is 24.6 Å². The van der Waals surface area contributed by atoms with Crippen LogP contribution in [-0.4, -0.2) is 41.7 Å². The first-order valence-electron chi connectivity index (χ1n) is 7.20. The van der Waals surface area contributed by atoms with Crippen LogP contribution in [0.3, 0.4) is 0 Å². The molecule has 2 atom stereocenters. The predicted octanol–water partition coefficient (Wildman–Crippen LogP) is 1.58. The molecule has 0 saturated heterocycles. The van der Waals surface area contributed by atoms with Crippen molar-refractivity contribution >= 4 is 17.3 Å². The second kappa shape index (κ2) is 6.87. The van der Waals surface area contributed by atoms with Gasteiger partial charge >= 0.3 is 0 Å². The van der Waals surface area contributed by atoms with E-state index in [9.17, 15) is 14.3 Å². The van der Waals surface area contributed by atoms with Crippen LogP contribution in [0.2, 0.25) is 0 Å². The molecule has 1 aliphatic carbocycles. The number of benzene rings is 1. The number of carbonyl (C=O) groups excluding carboxylic acids is 1. The Hall–Kier alpha value is -1.66. The first-order chi connectivity index (χ1) is 9.97. The summed E-state index contributed by atoms with van der Waals surface area (Å²) in [6.07, 6.45) is 3.35. The molecule has 1 amide bonds. The molecule has 1 saturated carbocycles. The van der Waals surface area contributed by atoms with Gasteiger partial charge < -0.3 is 16.2 Å². The van der Waals surface area contributed by atoms with E-state index in [0.29, 0.717) is 5.69 Å². The van der Waals surface area contributed by atoms with Gasteiger partial charge in [0, 0.05) is 6.04 Å². The Bertz CT molecular complexity index is 510. The first kappa shape index (κ1) is 15.7. The summed E-state index contributed by atoms with van der Waals surface area (Å²) in [5, 5.41) is 12.6. The van der Waals surface area contributed by atoms with E-state index in [4.69, 9.17) is 5.73 Å². The Labute approximate surface area is 123 Å². The standard InChI is InChI=1S/C15H22FN3O2/c1-19(13-4-2-3-5-14(13)20)9-15(21)18-12-8-10(16)6-7-11(12)17/h6-8,13-14,20H,2-5,9,17H2,1H3,(H,18,21). The number of amides is 1. The predicted molar refractivity (Wildman–Crippen MR) is 80.3 cm³/mol. The zero-order chi connectivity index (χ0) is 15.4. The smallest absolute Gasteiger partial charge is 0.238 e. The van der Waals surface area contributed by atoms with Crippen LogP contribution < -0.4 is 11.1 Å². The van der Waals surface area contributed by atoms with Crippen LogP contribution in [-0.2, 0) is 4.79 Å². The molecular weight excluding hydrogens is 273 g/mol. The van der Waals surface area contributed by atoms with E-state index in [1.807, 2.05) is 11.9 Å². The van der Waals surface area contributed by atoms with Gasteiger partial charge in [0.2, 0.25) is 5.91 Å². The molecule has 2 rings (SSSR count). The van der Waals surface area contributed by atoms with Crippen molar-refractivity contribution in [2.45, 2.75) is 37.8 Å². The van der Waals surface area contributed by atoms with E-state index >= 15 is 0 Å². The molecule has 1 aliphatic rings. The summed E-state index contributed by atoms with van der Waals surface area (Å²) in [5.74, 6) is -0.719. The number of carbonyl (C=O) groups is 1. The highest BCUT2D eigenvalue weighted by molar-refractivity contribution is 5.95. The number of nitrogens with two attached hydrogens (primary N) is 1. The van der Waals surface area contributed by atoms with Gasteiger partial charge in [0.1, 0.15) is 5.82 Å². The van der Waals surface area contributed by atoms with Gasteiger partial charge in [-0.25, -0.2) is 4.39 Å².